The zero-order valence-electron chi connectivity index (χ0n) is 20.2. The minimum Gasteiger partial charge on any atom is -0.379 e. The van der Waals surface area contributed by atoms with Crippen LogP contribution in [0.3, 0.4) is 0 Å². The van der Waals surface area contributed by atoms with E-state index >= 15 is 0 Å². The Labute approximate surface area is 215 Å². The van der Waals surface area contributed by atoms with Gasteiger partial charge in [0.1, 0.15) is 0 Å². The van der Waals surface area contributed by atoms with Gasteiger partial charge in [-0.25, -0.2) is 13.4 Å². The van der Waals surface area contributed by atoms with Gasteiger partial charge in [0.15, 0.2) is 0 Å². The van der Waals surface area contributed by atoms with Gasteiger partial charge in [-0.1, -0.05) is 30.3 Å². The molecule has 2 aromatic heterocycles. The minimum absolute atomic E-state index is 0.146. The largest absolute Gasteiger partial charge is 0.379 e. The Morgan fingerprint density at radius 1 is 0.865 bits per heavy atom. The standard InChI is InChI=1S/C28H26N4O4S/c33-28(31-12-10-20-5-1-2-6-21(20)19-31)24-18-27(26-7-3-4-11-29-26)30-25-9-8-22(17-23(24)25)37(34,35)32-13-15-36-16-14-32/h1-9,11,17-18H,10,12-16,19H2. The molecule has 2 aliphatic rings. The summed E-state index contributed by atoms with van der Waals surface area (Å²) in [5.41, 5.74) is 4.55. The SMILES string of the molecule is O=C(c1cc(-c2ccccn2)nc2ccc(S(=O)(=O)N3CCOCC3)cc12)N1CCc2ccccc2C1. The highest BCUT2D eigenvalue weighted by Gasteiger charge is 2.29. The summed E-state index contributed by atoms with van der Waals surface area (Å²) >= 11 is 0. The van der Waals surface area contributed by atoms with Crippen molar-refractivity contribution < 1.29 is 17.9 Å². The lowest BCUT2D eigenvalue weighted by Gasteiger charge is -2.29. The third-order valence-corrected chi connectivity index (χ3v) is 8.86. The highest BCUT2D eigenvalue weighted by atomic mass is 32.2. The van der Waals surface area contributed by atoms with Gasteiger partial charge >= 0.3 is 0 Å². The summed E-state index contributed by atoms with van der Waals surface area (Å²) in [7, 11) is -3.73. The first kappa shape index (κ1) is 23.7. The zero-order valence-corrected chi connectivity index (χ0v) is 21.0. The van der Waals surface area contributed by atoms with Crippen molar-refractivity contribution >= 4 is 26.8 Å². The van der Waals surface area contributed by atoms with Crippen molar-refractivity contribution in [1.82, 2.24) is 19.2 Å². The lowest BCUT2D eigenvalue weighted by molar-refractivity contribution is 0.0730. The Bertz CT molecular complexity index is 1580. The van der Waals surface area contributed by atoms with Crippen LogP contribution in [-0.2, 0) is 27.7 Å². The molecule has 37 heavy (non-hydrogen) atoms. The van der Waals surface area contributed by atoms with E-state index in [0.29, 0.717) is 67.2 Å². The van der Waals surface area contributed by atoms with Crippen molar-refractivity contribution in [2.24, 2.45) is 0 Å². The van der Waals surface area contributed by atoms with Gasteiger partial charge in [0.25, 0.3) is 5.91 Å². The molecule has 8 nitrogen and oxygen atoms in total. The number of hydrogen-bond acceptors (Lipinski definition) is 6. The van der Waals surface area contributed by atoms with Crippen molar-refractivity contribution in [1.29, 1.82) is 0 Å². The fourth-order valence-electron chi connectivity index (χ4n) is 4.96. The molecule has 0 radical (unpaired) electrons. The van der Waals surface area contributed by atoms with E-state index in [1.165, 1.54) is 9.87 Å². The van der Waals surface area contributed by atoms with Gasteiger partial charge in [0.05, 0.1) is 40.6 Å². The molecule has 2 aromatic carbocycles. The minimum atomic E-state index is -3.73. The van der Waals surface area contributed by atoms with E-state index < -0.39 is 10.0 Å². The summed E-state index contributed by atoms with van der Waals surface area (Å²) in [4.78, 5) is 25.1. The maximum Gasteiger partial charge on any atom is 0.254 e. The molecule has 0 bridgehead atoms. The zero-order chi connectivity index (χ0) is 25.4. The number of amides is 1. The smallest absolute Gasteiger partial charge is 0.254 e. The molecule has 0 spiro atoms. The second-order valence-electron chi connectivity index (χ2n) is 9.21. The number of pyridine rings is 2. The fourth-order valence-corrected chi connectivity index (χ4v) is 6.40. The van der Waals surface area contributed by atoms with E-state index in [-0.39, 0.29) is 10.8 Å². The van der Waals surface area contributed by atoms with E-state index in [1.54, 1.807) is 30.5 Å². The highest BCUT2D eigenvalue weighted by molar-refractivity contribution is 7.89. The van der Waals surface area contributed by atoms with Gasteiger partial charge in [0.2, 0.25) is 10.0 Å². The third-order valence-electron chi connectivity index (χ3n) is 6.96. The second kappa shape index (κ2) is 9.66. The number of fused-ring (bicyclic) bond motifs is 2. The lowest BCUT2D eigenvalue weighted by Crippen LogP contribution is -2.40. The van der Waals surface area contributed by atoms with Crippen LogP contribution in [0.2, 0.25) is 0 Å². The van der Waals surface area contributed by atoms with Gasteiger partial charge in [-0.2, -0.15) is 4.31 Å². The van der Waals surface area contributed by atoms with Gasteiger partial charge in [0, 0.05) is 37.8 Å². The topological polar surface area (TPSA) is 92.7 Å². The number of nitrogens with zero attached hydrogens (tertiary/aromatic N) is 4. The Morgan fingerprint density at radius 3 is 2.43 bits per heavy atom. The summed E-state index contributed by atoms with van der Waals surface area (Å²) < 4.78 is 33.5. The molecule has 9 heteroatoms. The molecule has 6 rings (SSSR count). The van der Waals surface area contributed by atoms with E-state index in [2.05, 4.69) is 11.1 Å². The first-order valence-corrected chi connectivity index (χ1v) is 13.7. The van der Waals surface area contributed by atoms with Crippen molar-refractivity contribution in [2.45, 2.75) is 17.9 Å². The van der Waals surface area contributed by atoms with Crippen LogP contribution in [0.25, 0.3) is 22.3 Å². The van der Waals surface area contributed by atoms with Crippen LogP contribution >= 0.6 is 0 Å². The van der Waals surface area contributed by atoms with Crippen LogP contribution in [0.15, 0.2) is 77.8 Å². The number of aromatic nitrogens is 2. The summed E-state index contributed by atoms with van der Waals surface area (Å²) in [6, 6.07) is 20.2. The van der Waals surface area contributed by atoms with Crippen LogP contribution in [0.1, 0.15) is 21.5 Å². The molecule has 4 heterocycles. The third kappa shape index (κ3) is 4.50. The highest BCUT2D eigenvalue weighted by Crippen LogP contribution is 2.30. The van der Waals surface area contributed by atoms with Gasteiger partial charge in [-0.3, -0.25) is 9.78 Å². The number of morpholine rings is 1. The Kier molecular flexibility index (Phi) is 6.19. The predicted molar refractivity (Wildman–Crippen MR) is 139 cm³/mol. The Morgan fingerprint density at radius 2 is 1.65 bits per heavy atom. The van der Waals surface area contributed by atoms with Crippen LogP contribution in [-0.4, -0.2) is 66.3 Å². The molecule has 0 aliphatic carbocycles. The van der Waals surface area contributed by atoms with Gasteiger partial charge in [-0.15, -0.1) is 0 Å². The van der Waals surface area contributed by atoms with Crippen molar-refractivity contribution in [3.05, 3.63) is 89.6 Å². The molecule has 0 atom stereocenters. The molecule has 1 amide bonds. The molecule has 0 saturated carbocycles. The number of benzene rings is 2. The van der Waals surface area contributed by atoms with E-state index in [1.807, 2.05) is 41.3 Å². The number of sulfonamides is 1. The average Bonchev–Trinajstić information content (AvgIpc) is 2.96. The molecular formula is C28H26N4O4S. The number of ether oxygens (including phenoxy) is 1. The van der Waals surface area contributed by atoms with Crippen molar-refractivity contribution in [3.63, 3.8) is 0 Å². The number of carbonyl (C=O) groups excluding carboxylic acids is 1. The normalized spacial score (nSPS) is 16.5. The van der Waals surface area contributed by atoms with E-state index in [0.717, 1.165) is 12.0 Å². The number of rotatable bonds is 4. The summed E-state index contributed by atoms with van der Waals surface area (Å²) in [5, 5.41) is 0.512. The molecule has 1 fully saturated rings. The van der Waals surface area contributed by atoms with Gasteiger partial charge < -0.3 is 9.64 Å². The van der Waals surface area contributed by atoms with Crippen molar-refractivity contribution in [3.8, 4) is 11.4 Å². The predicted octanol–water partition coefficient (Wildman–Crippen LogP) is 3.52. The summed E-state index contributed by atoms with van der Waals surface area (Å²) in [6.07, 6.45) is 2.46. The summed E-state index contributed by atoms with van der Waals surface area (Å²) in [5.74, 6) is -0.153. The first-order valence-electron chi connectivity index (χ1n) is 12.3. The average molecular weight is 515 g/mol. The fraction of sp³-hybridized carbons (Fsp3) is 0.250. The quantitative estimate of drug-likeness (QED) is 0.414. The molecule has 0 unspecified atom stereocenters. The molecule has 1 saturated heterocycles. The molecule has 0 N–H and O–H groups in total. The van der Waals surface area contributed by atoms with E-state index in [4.69, 9.17) is 9.72 Å². The van der Waals surface area contributed by atoms with E-state index in [9.17, 15) is 13.2 Å². The molecule has 2 aliphatic heterocycles. The number of carbonyl (C=O) groups is 1. The monoisotopic (exact) mass is 514 g/mol. The second-order valence-corrected chi connectivity index (χ2v) is 11.1. The first-order chi connectivity index (χ1) is 18.0. The van der Waals surface area contributed by atoms with Crippen LogP contribution in [0.5, 0.6) is 0 Å². The maximum atomic E-state index is 14.0. The number of hydrogen-bond donors (Lipinski definition) is 0. The van der Waals surface area contributed by atoms with Crippen LogP contribution in [0, 0.1) is 0 Å². The molecule has 188 valence electrons. The maximum absolute atomic E-state index is 14.0. The van der Waals surface area contributed by atoms with Gasteiger partial charge in [-0.05, 0) is 53.9 Å². The van der Waals surface area contributed by atoms with Crippen molar-refractivity contribution in [2.75, 3.05) is 32.8 Å². The Hall–Kier alpha value is -3.66. The molecule has 4 aromatic rings. The summed E-state index contributed by atoms with van der Waals surface area (Å²) in [6.45, 7) is 2.42. The lowest BCUT2D eigenvalue weighted by atomic mass is 9.98. The Balaban J connectivity index is 1.46. The van der Waals surface area contributed by atoms with Crippen LogP contribution < -0.4 is 0 Å². The van der Waals surface area contributed by atoms with Crippen LogP contribution in [0.4, 0.5) is 0 Å². The molecular weight excluding hydrogens is 488 g/mol.